The molecular formula is C55H33NO2. The Morgan fingerprint density at radius 1 is 0.397 bits per heavy atom. The van der Waals surface area contributed by atoms with E-state index >= 15 is 0 Å². The first-order valence-electron chi connectivity index (χ1n) is 19.9. The summed E-state index contributed by atoms with van der Waals surface area (Å²) in [7, 11) is 0. The third-order valence-electron chi connectivity index (χ3n) is 12.7. The molecule has 0 amide bonds. The van der Waals surface area contributed by atoms with Crippen LogP contribution in [0.15, 0.2) is 205 Å². The SMILES string of the molecule is c1ccc(-n2c3ccc(-c4ccc(-c5cccc6c5oc5ccccc56)cc4)cc3c3ccc4c(c32)-c2ccccc2C42c3ccccc3Oc3ccccc32)cc1. The van der Waals surface area contributed by atoms with E-state index in [9.17, 15) is 0 Å². The molecule has 0 fully saturated rings. The minimum Gasteiger partial charge on any atom is -0.457 e. The molecule has 3 heterocycles. The molecule has 0 atom stereocenters. The minimum absolute atomic E-state index is 0.539. The van der Waals surface area contributed by atoms with Crippen LogP contribution in [0.5, 0.6) is 11.5 Å². The lowest BCUT2D eigenvalue weighted by molar-refractivity contribution is 0.436. The van der Waals surface area contributed by atoms with Crippen molar-refractivity contribution in [3.8, 4) is 50.6 Å². The number of ether oxygens (including phenoxy) is 1. The van der Waals surface area contributed by atoms with Crippen molar-refractivity contribution in [2.24, 2.45) is 0 Å². The molecule has 2 aliphatic rings. The van der Waals surface area contributed by atoms with Gasteiger partial charge in [-0.15, -0.1) is 0 Å². The van der Waals surface area contributed by atoms with Crippen molar-refractivity contribution >= 4 is 43.7 Å². The second-order valence-corrected chi connectivity index (χ2v) is 15.5. The summed E-state index contributed by atoms with van der Waals surface area (Å²) in [5, 5.41) is 4.74. The van der Waals surface area contributed by atoms with E-state index in [4.69, 9.17) is 9.15 Å². The molecule has 0 saturated heterocycles. The molecule has 2 aromatic heterocycles. The van der Waals surface area contributed by atoms with Gasteiger partial charge in [-0.3, -0.25) is 0 Å². The van der Waals surface area contributed by atoms with Crippen molar-refractivity contribution in [2.45, 2.75) is 5.41 Å². The summed E-state index contributed by atoms with van der Waals surface area (Å²) in [6.45, 7) is 0. The summed E-state index contributed by atoms with van der Waals surface area (Å²) in [4.78, 5) is 0. The summed E-state index contributed by atoms with van der Waals surface area (Å²) in [6.07, 6.45) is 0. The van der Waals surface area contributed by atoms with Crippen LogP contribution in [0.2, 0.25) is 0 Å². The van der Waals surface area contributed by atoms with E-state index in [1.807, 2.05) is 12.1 Å². The van der Waals surface area contributed by atoms with Gasteiger partial charge in [0.05, 0.1) is 16.4 Å². The van der Waals surface area contributed by atoms with Crippen molar-refractivity contribution in [1.82, 2.24) is 4.57 Å². The average molecular weight is 740 g/mol. The summed E-state index contributed by atoms with van der Waals surface area (Å²) in [6, 6.07) is 72.4. The molecule has 58 heavy (non-hydrogen) atoms. The van der Waals surface area contributed by atoms with Crippen LogP contribution in [0.4, 0.5) is 0 Å². The van der Waals surface area contributed by atoms with E-state index in [2.05, 4.69) is 193 Å². The fourth-order valence-electron chi connectivity index (χ4n) is 10.3. The van der Waals surface area contributed by atoms with Crippen LogP contribution >= 0.6 is 0 Å². The molecule has 0 saturated carbocycles. The summed E-state index contributed by atoms with van der Waals surface area (Å²) in [5.74, 6) is 1.80. The Morgan fingerprint density at radius 2 is 1.03 bits per heavy atom. The largest absolute Gasteiger partial charge is 0.457 e. The lowest BCUT2D eigenvalue weighted by Crippen LogP contribution is -2.32. The molecule has 0 radical (unpaired) electrons. The first-order chi connectivity index (χ1) is 28.8. The van der Waals surface area contributed by atoms with Crippen molar-refractivity contribution in [3.05, 3.63) is 222 Å². The van der Waals surface area contributed by atoms with Crippen molar-refractivity contribution in [1.29, 1.82) is 0 Å². The Kier molecular flexibility index (Phi) is 6.37. The Hall–Kier alpha value is -7.62. The van der Waals surface area contributed by atoms with Gasteiger partial charge < -0.3 is 13.7 Å². The molecular weight excluding hydrogens is 707 g/mol. The van der Waals surface area contributed by atoms with Crippen LogP contribution in [0.3, 0.4) is 0 Å². The maximum atomic E-state index is 6.63. The van der Waals surface area contributed by atoms with Gasteiger partial charge in [-0.05, 0) is 75.8 Å². The van der Waals surface area contributed by atoms with Crippen LogP contribution in [0.1, 0.15) is 22.3 Å². The number of nitrogens with zero attached hydrogens (tertiary/aromatic N) is 1. The number of fused-ring (bicyclic) bond motifs is 16. The number of aromatic nitrogens is 1. The van der Waals surface area contributed by atoms with Crippen LogP contribution in [0, 0.1) is 0 Å². The zero-order valence-corrected chi connectivity index (χ0v) is 31.3. The highest BCUT2D eigenvalue weighted by atomic mass is 16.5. The first kappa shape index (κ1) is 31.6. The maximum Gasteiger partial charge on any atom is 0.143 e. The third kappa shape index (κ3) is 4.12. The monoisotopic (exact) mass is 739 g/mol. The molecule has 0 bridgehead atoms. The Bertz CT molecular complexity index is 3430. The third-order valence-corrected chi connectivity index (χ3v) is 12.7. The number of hydrogen-bond donors (Lipinski definition) is 0. The summed E-state index contributed by atoms with van der Waals surface area (Å²) < 4.78 is 15.5. The van der Waals surface area contributed by atoms with Gasteiger partial charge in [-0.25, -0.2) is 0 Å². The lowest BCUT2D eigenvalue weighted by atomic mass is 9.66. The Balaban J connectivity index is 1.04. The number of benzene rings is 9. The van der Waals surface area contributed by atoms with Crippen molar-refractivity contribution in [2.75, 3.05) is 0 Å². The second kappa shape index (κ2) is 11.7. The highest BCUT2D eigenvalue weighted by molar-refractivity contribution is 6.17. The van der Waals surface area contributed by atoms with Crippen LogP contribution in [0.25, 0.3) is 82.8 Å². The van der Waals surface area contributed by atoms with E-state index in [0.717, 1.165) is 50.3 Å². The molecule has 13 rings (SSSR count). The number of rotatable bonds is 3. The van der Waals surface area contributed by atoms with E-state index in [1.54, 1.807) is 0 Å². The minimum atomic E-state index is -0.539. The summed E-state index contributed by atoms with van der Waals surface area (Å²) in [5.41, 5.74) is 16.8. The van der Waals surface area contributed by atoms with Gasteiger partial charge in [0.1, 0.15) is 22.7 Å². The molecule has 9 aromatic carbocycles. The van der Waals surface area contributed by atoms with Crippen molar-refractivity contribution < 1.29 is 9.15 Å². The number of furan rings is 1. The van der Waals surface area contributed by atoms with Gasteiger partial charge in [-0.1, -0.05) is 158 Å². The maximum absolute atomic E-state index is 6.63. The number of para-hydroxylation sites is 5. The second-order valence-electron chi connectivity index (χ2n) is 15.5. The van der Waals surface area contributed by atoms with Gasteiger partial charge in [0.15, 0.2) is 0 Å². The van der Waals surface area contributed by atoms with E-state index in [1.165, 1.54) is 66.3 Å². The number of hydrogen-bond acceptors (Lipinski definition) is 2. The molecule has 1 aliphatic carbocycles. The van der Waals surface area contributed by atoms with E-state index in [-0.39, 0.29) is 0 Å². The molecule has 3 heteroatoms. The molecule has 0 unspecified atom stereocenters. The fraction of sp³-hybridized carbons (Fsp3) is 0.0182. The molecule has 3 nitrogen and oxygen atoms in total. The molecule has 0 N–H and O–H groups in total. The molecule has 1 spiro atoms. The van der Waals surface area contributed by atoms with Gasteiger partial charge in [0.25, 0.3) is 0 Å². The average Bonchev–Trinajstić information content (AvgIpc) is 3.93. The highest BCUT2D eigenvalue weighted by Gasteiger charge is 2.51. The quantitative estimate of drug-likeness (QED) is 0.180. The molecule has 11 aromatic rings. The zero-order valence-electron chi connectivity index (χ0n) is 31.3. The van der Waals surface area contributed by atoms with Crippen LogP contribution in [-0.4, -0.2) is 4.57 Å². The van der Waals surface area contributed by atoms with E-state index in [0.29, 0.717) is 0 Å². The smallest absolute Gasteiger partial charge is 0.143 e. The zero-order chi connectivity index (χ0) is 38.0. The fourth-order valence-corrected chi connectivity index (χ4v) is 10.3. The van der Waals surface area contributed by atoms with Crippen LogP contribution in [-0.2, 0) is 5.41 Å². The van der Waals surface area contributed by atoms with Gasteiger partial charge >= 0.3 is 0 Å². The van der Waals surface area contributed by atoms with Crippen LogP contribution < -0.4 is 4.74 Å². The molecule has 270 valence electrons. The van der Waals surface area contributed by atoms with Gasteiger partial charge in [0.2, 0.25) is 0 Å². The molecule has 1 aliphatic heterocycles. The van der Waals surface area contributed by atoms with Crippen molar-refractivity contribution in [3.63, 3.8) is 0 Å². The Labute approximate surface area is 334 Å². The normalized spacial score (nSPS) is 13.4. The highest BCUT2D eigenvalue weighted by Crippen LogP contribution is 2.63. The Morgan fingerprint density at radius 3 is 1.84 bits per heavy atom. The first-order valence-corrected chi connectivity index (χ1v) is 19.9. The van der Waals surface area contributed by atoms with Gasteiger partial charge in [-0.2, -0.15) is 0 Å². The topological polar surface area (TPSA) is 27.3 Å². The standard InChI is InChI=1S/C55H33NO2/c1-2-13-37(14-3-1)56-48-32-29-36(34-25-27-35(28-26-34)38-17-12-18-41-39-15-5-9-22-49(39)58-54(38)41)33-43(48)40-30-31-47-52(53(40)56)42-16-4-6-19-44(42)55(47)45-20-7-10-23-50(45)57-51-24-11-8-21-46(51)55/h1-33H. The summed E-state index contributed by atoms with van der Waals surface area (Å²) >= 11 is 0. The van der Waals surface area contributed by atoms with E-state index < -0.39 is 5.41 Å². The lowest BCUT2D eigenvalue weighted by Gasteiger charge is -2.39. The predicted octanol–water partition coefficient (Wildman–Crippen LogP) is 14.5. The predicted molar refractivity (Wildman–Crippen MR) is 236 cm³/mol. The van der Waals surface area contributed by atoms with Gasteiger partial charge in [0, 0.05) is 49.5 Å².